The first-order valence-electron chi connectivity index (χ1n) is 8.38. The van der Waals surface area contributed by atoms with Crippen molar-refractivity contribution in [2.45, 2.75) is 37.6 Å². The van der Waals surface area contributed by atoms with Crippen molar-refractivity contribution in [1.82, 2.24) is 25.2 Å². The highest BCUT2D eigenvalue weighted by Crippen LogP contribution is 2.40. The van der Waals surface area contributed by atoms with Crippen LogP contribution in [-0.2, 0) is 0 Å². The van der Waals surface area contributed by atoms with Crippen LogP contribution in [0.1, 0.15) is 59.7 Å². The number of nitrogens with one attached hydrogen (secondary N) is 1. The van der Waals surface area contributed by atoms with Crippen molar-refractivity contribution in [3.8, 4) is 0 Å². The van der Waals surface area contributed by atoms with Crippen LogP contribution in [0.2, 0.25) is 0 Å². The Morgan fingerprint density at radius 3 is 3.08 bits per heavy atom. The molecule has 122 valence electrons. The largest absolute Gasteiger partial charge is 0.339 e. The number of amides is 1. The van der Waals surface area contributed by atoms with Crippen molar-refractivity contribution in [1.29, 1.82) is 0 Å². The minimum Gasteiger partial charge on any atom is -0.339 e. The molecular formula is C17H17N5O2. The topological polar surface area (TPSA) is 87.9 Å². The van der Waals surface area contributed by atoms with E-state index in [0.29, 0.717) is 23.9 Å². The van der Waals surface area contributed by atoms with Crippen LogP contribution in [0.4, 0.5) is 0 Å². The third-order valence-electron chi connectivity index (χ3n) is 4.90. The van der Waals surface area contributed by atoms with E-state index in [-0.39, 0.29) is 11.9 Å². The van der Waals surface area contributed by atoms with Crippen LogP contribution in [-0.4, -0.2) is 37.7 Å². The van der Waals surface area contributed by atoms with Crippen LogP contribution >= 0.6 is 0 Å². The Morgan fingerprint density at radius 1 is 1.29 bits per heavy atom. The standard InChI is InChI=1S/C17H17N5O2/c23-17(12-4-1-3-11-9-18-20-14(11)12)22-8-2-5-13(22)15-19-16(24-21-15)10-6-7-10/h1,3-4,9-10,13H,2,5-8H2,(H,18,20)/t13-/m0/s1. The average Bonchev–Trinajstić information content (AvgIpc) is 3.06. The van der Waals surface area contributed by atoms with Gasteiger partial charge in [-0.25, -0.2) is 0 Å². The van der Waals surface area contributed by atoms with Gasteiger partial charge in [0, 0.05) is 17.8 Å². The van der Waals surface area contributed by atoms with Crippen LogP contribution in [0, 0.1) is 0 Å². The van der Waals surface area contributed by atoms with Crippen LogP contribution in [0.5, 0.6) is 0 Å². The summed E-state index contributed by atoms with van der Waals surface area (Å²) in [6, 6.07) is 5.56. The van der Waals surface area contributed by atoms with Crippen molar-refractivity contribution in [2.24, 2.45) is 0 Å². The minimum absolute atomic E-state index is 0.00915. The fraction of sp³-hybridized carbons (Fsp3) is 0.412. The monoisotopic (exact) mass is 323 g/mol. The molecule has 1 saturated heterocycles. The molecule has 2 aromatic heterocycles. The zero-order valence-corrected chi connectivity index (χ0v) is 13.1. The molecule has 0 radical (unpaired) electrons. The molecular weight excluding hydrogens is 306 g/mol. The van der Waals surface area contributed by atoms with Gasteiger partial charge in [0.25, 0.3) is 5.91 Å². The van der Waals surface area contributed by atoms with Crippen molar-refractivity contribution < 1.29 is 9.32 Å². The number of aromatic amines is 1. The zero-order valence-electron chi connectivity index (χ0n) is 13.1. The molecule has 24 heavy (non-hydrogen) atoms. The van der Waals surface area contributed by atoms with Gasteiger partial charge in [0.05, 0.1) is 23.3 Å². The lowest BCUT2D eigenvalue weighted by molar-refractivity contribution is 0.0730. The number of nitrogens with zero attached hydrogens (tertiary/aromatic N) is 4. The molecule has 1 amide bonds. The first-order valence-corrected chi connectivity index (χ1v) is 8.38. The molecule has 0 unspecified atom stereocenters. The number of carbonyl (C=O) groups is 1. The van der Waals surface area contributed by atoms with E-state index < -0.39 is 0 Å². The van der Waals surface area contributed by atoms with Crippen molar-refractivity contribution >= 4 is 16.8 Å². The molecule has 3 aromatic rings. The number of carbonyl (C=O) groups excluding carboxylic acids is 1. The number of hydrogen-bond donors (Lipinski definition) is 1. The maximum atomic E-state index is 13.1. The van der Waals surface area contributed by atoms with Crippen molar-refractivity contribution in [3.05, 3.63) is 41.7 Å². The average molecular weight is 323 g/mol. The van der Waals surface area contributed by atoms with E-state index in [1.807, 2.05) is 23.1 Å². The van der Waals surface area contributed by atoms with E-state index in [1.54, 1.807) is 6.20 Å². The number of rotatable bonds is 3. The van der Waals surface area contributed by atoms with Crippen LogP contribution in [0.25, 0.3) is 10.9 Å². The molecule has 1 saturated carbocycles. The lowest BCUT2D eigenvalue weighted by atomic mass is 10.1. The fourth-order valence-corrected chi connectivity index (χ4v) is 3.46. The normalized spacial score (nSPS) is 20.8. The number of fused-ring (bicyclic) bond motifs is 1. The number of para-hydroxylation sites is 1. The lowest BCUT2D eigenvalue weighted by Crippen LogP contribution is -2.31. The Balaban J connectivity index is 1.47. The molecule has 7 heteroatoms. The molecule has 1 aromatic carbocycles. The number of likely N-dealkylation sites (tertiary alicyclic amines) is 1. The van der Waals surface area contributed by atoms with Gasteiger partial charge >= 0.3 is 0 Å². The summed E-state index contributed by atoms with van der Waals surface area (Å²) in [6.07, 6.45) is 5.79. The van der Waals surface area contributed by atoms with E-state index in [1.165, 1.54) is 0 Å². The minimum atomic E-state index is -0.105. The van der Waals surface area contributed by atoms with Gasteiger partial charge in [-0.2, -0.15) is 10.1 Å². The van der Waals surface area contributed by atoms with Crippen molar-refractivity contribution in [2.75, 3.05) is 6.54 Å². The number of hydrogen-bond acceptors (Lipinski definition) is 5. The fourth-order valence-electron chi connectivity index (χ4n) is 3.46. The van der Waals surface area contributed by atoms with Gasteiger partial charge in [-0.3, -0.25) is 9.89 Å². The molecule has 1 atom stereocenters. The highest BCUT2D eigenvalue weighted by Gasteiger charge is 2.36. The summed E-state index contributed by atoms with van der Waals surface area (Å²) in [7, 11) is 0. The number of benzene rings is 1. The Bertz CT molecular complexity index is 910. The van der Waals surface area contributed by atoms with E-state index in [9.17, 15) is 4.79 Å². The molecule has 0 bridgehead atoms. The molecule has 1 aliphatic heterocycles. The Hall–Kier alpha value is -2.70. The molecule has 1 N–H and O–H groups in total. The van der Waals surface area contributed by atoms with E-state index in [2.05, 4.69) is 20.3 Å². The smallest absolute Gasteiger partial charge is 0.256 e. The SMILES string of the molecule is O=C(c1cccc2cn[nH]c12)N1CCC[C@H]1c1noc(C2CC2)n1. The third kappa shape index (κ3) is 2.11. The predicted molar refractivity (Wildman–Crippen MR) is 85.4 cm³/mol. The Labute approximate surface area is 138 Å². The van der Waals surface area contributed by atoms with Gasteiger partial charge in [-0.15, -0.1) is 0 Å². The van der Waals surface area contributed by atoms with Crippen LogP contribution < -0.4 is 0 Å². The second-order valence-corrected chi connectivity index (χ2v) is 6.56. The summed E-state index contributed by atoms with van der Waals surface area (Å²) in [5.74, 6) is 1.78. The van der Waals surface area contributed by atoms with Gasteiger partial charge < -0.3 is 9.42 Å². The van der Waals surface area contributed by atoms with Gasteiger partial charge in [0.15, 0.2) is 5.82 Å². The summed E-state index contributed by atoms with van der Waals surface area (Å²) in [5, 5.41) is 12.0. The van der Waals surface area contributed by atoms with E-state index in [4.69, 9.17) is 4.52 Å². The highest BCUT2D eigenvalue weighted by molar-refractivity contribution is 6.05. The highest BCUT2D eigenvalue weighted by atomic mass is 16.5. The lowest BCUT2D eigenvalue weighted by Gasteiger charge is -2.22. The van der Waals surface area contributed by atoms with Gasteiger partial charge in [0.2, 0.25) is 5.89 Å². The van der Waals surface area contributed by atoms with E-state index >= 15 is 0 Å². The molecule has 2 fully saturated rings. The second kappa shape index (κ2) is 5.15. The summed E-state index contributed by atoms with van der Waals surface area (Å²) in [5.41, 5.74) is 1.42. The molecule has 2 aliphatic rings. The van der Waals surface area contributed by atoms with Crippen LogP contribution in [0.3, 0.4) is 0 Å². The summed E-state index contributed by atoms with van der Waals surface area (Å²) in [4.78, 5) is 19.5. The molecule has 5 rings (SSSR count). The maximum absolute atomic E-state index is 13.1. The maximum Gasteiger partial charge on any atom is 0.256 e. The molecule has 0 spiro atoms. The summed E-state index contributed by atoms with van der Waals surface area (Å²) in [6.45, 7) is 0.710. The number of H-pyrrole nitrogens is 1. The Kier molecular flexibility index (Phi) is 2.95. The van der Waals surface area contributed by atoms with Gasteiger partial charge in [-0.1, -0.05) is 17.3 Å². The first-order chi connectivity index (χ1) is 11.8. The molecule has 7 nitrogen and oxygen atoms in total. The van der Waals surface area contributed by atoms with Crippen LogP contribution in [0.15, 0.2) is 28.9 Å². The second-order valence-electron chi connectivity index (χ2n) is 6.56. The predicted octanol–water partition coefficient (Wildman–Crippen LogP) is 2.80. The zero-order chi connectivity index (χ0) is 16.1. The quantitative estimate of drug-likeness (QED) is 0.800. The first kappa shape index (κ1) is 13.7. The van der Waals surface area contributed by atoms with E-state index in [0.717, 1.165) is 42.5 Å². The van der Waals surface area contributed by atoms with Gasteiger partial charge in [-0.05, 0) is 31.7 Å². The molecule has 1 aliphatic carbocycles. The Morgan fingerprint density at radius 2 is 2.21 bits per heavy atom. The summed E-state index contributed by atoms with van der Waals surface area (Å²) < 4.78 is 5.38. The number of aromatic nitrogens is 4. The third-order valence-corrected chi connectivity index (χ3v) is 4.90. The molecule has 3 heterocycles. The van der Waals surface area contributed by atoms with Gasteiger partial charge in [0.1, 0.15) is 0 Å². The summed E-state index contributed by atoms with van der Waals surface area (Å²) >= 11 is 0. The van der Waals surface area contributed by atoms with Crippen molar-refractivity contribution in [3.63, 3.8) is 0 Å².